The first kappa shape index (κ1) is 26.2. The molecule has 0 radical (unpaired) electrons. The van der Waals surface area contributed by atoms with Gasteiger partial charge >= 0.3 is 5.97 Å². The predicted octanol–water partition coefficient (Wildman–Crippen LogP) is 7.08. The summed E-state index contributed by atoms with van der Waals surface area (Å²) >= 11 is 7.88. The van der Waals surface area contributed by atoms with Gasteiger partial charge in [-0.3, -0.25) is 0 Å². The number of para-hydroxylation sites is 1. The third-order valence-corrected chi connectivity index (χ3v) is 8.21. The standard InChI is InChI=1S/C31H28ClN5O2S/c1-3-39-29(38)27-20(2)33-30-34-31(40-19-22-13-7-9-15-25(22)32)35-37(30)28(27)24-18-36(17-21-11-5-4-6-12-21)26-16-10-8-14-23(24)26/h4-16,18,28H,3,17,19H2,1-2H3,(H,33,34,35). The van der Waals surface area contributed by atoms with E-state index in [-0.39, 0.29) is 12.6 Å². The number of rotatable bonds is 8. The van der Waals surface area contributed by atoms with E-state index in [1.54, 1.807) is 0 Å². The molecule has 0 amide bonds. The summed E-state index contributed by atoms with van der Waals surface area (Å²) in [5.74, 6) is 0.835. The molecule has 1 atom stereocenters. The first-order valence-electron chi connectivity index (χ1n) is 13.1. The molecule has 0 aliphatic carbocycles. The van der Waals surface area contributed by atoms with Gasteiger partial charge in [-0.25, -0.2) is 9.48 Å². The second-order valence-corrected chi connectivity index (χ2v) is 10.9. The summed E-state index contributed by atoms with van der Waals surface area (Å²) in [7, 11) is 0. The number of carbonyl (C=O) groups is 1. The van der Waals surface area contributed by atoms with Gasteiger partial charge in [0.25, 0.3) is 0 Å². The summed E-state index contributed by atoms with van der Waals surface area (Å²) in [5, 5.41) is 10.5. The fourth-order valence-electron chi connectivity index (χ4n) is 5.12. The Morgan fingerprint density at radius 1 is 1.05 bits per heavy atom. The number of esters is 1. The van der Waals surface area contributed by atoms with Crippen LogP contribution >= 0.6 is 23.4 Å². The molecule has 1 aliphatic rings. The van der Waals surface area contributed by atoms with E-state index in [1.807, 2.05) is 73.1 Å². The van der Waals surface area contributed by atoms with Crippen LogP contribution in [0, 0.1) is 0 Å². The lowest BCUT2D eigenvalue weighted by Crippen LogP contribution is -2.29. The maximum absolute atomic E-state index is 13.4. The molecule has 6 rings (SSSR count). The number of fused-ring (bicyclic) bond motifs is 2. The minimum atomic E-state index is -0.514. The molecule has 3 aromatic carbocycles. The van der Waals surface area contributed by atoms with Crippen molar-refractivity contribution in [2.24, 2.45) is 0 Å². The Hall–Kier alpha value is -4.01. The van der Waals surface area contributed by atoms with Crippen molar-refractivity contribution >= 4 is 46.2 Å². The highest BCUT2D eigenvalue weighted by atomic mass is 35.5. The summed E-state index contributed by atoms with van der Waals surface area (Å²) in [6.45, 7) is 4.68. The molecule has 202 valence electrons. The Kier molecular flexibility index (Phi) is 7.36. The third kappa shape index (κ3) is 5.00. The zero-order chi connectivity index (χ0) is 27.6. The number of aromatic nitrogens is 4. The van der Waals surface area contributed by atoms with Crippen LogP contribution in [0.1, 0.15) is 36.6 Å². The normalized spacial score (nSPS) is 14.7. The summed E-state index contributed by atoms with van der Waals surface area (Å²) < 4.78 is 9.57. The van der Waals surface area contributed by atoms with E-state index in [9.17, 15) is 4.79 Å². The molecule has 0 saturated heterocycles. The van der Waals surface area contributed by atoms with Crippen molar-refractivity contribution in [3.63, 3.8) is 0 Å². The largest absolute Gasteiger partial charge is 0.463 e. The van der Waals surface area contributed by atoms with Crippen LogP contribution in [0.5, 0.6) is 0 Å². The highest BCUT2D eigenvalue weighted by Crippen LogP contribution is 2.40. The van der Waals surface area contributed by atoms with Gasteiger partial charge in [0, 0.05) is 45.7 Å². The van der Waals surface area contributed by atoms with Crippen LogP contribution in [0.4, 0.5) is 5.95 Å². The number of allylic oxidation sites excluding steroid dienone is 1. The van der Waals surface area contributed by atoms with Gasteiger partial charge < -0.3 is 14.6 Å². The van der Waals surface area contributed by atoms with E-state index in [0.29, 0.717) is 39.7 Å². The van der Waals surface area contributed by atoms with Crippen LogP contribution in [0.3, 0.4) is 0 Å². The molecule has 0 spiro atoms. The molecule has 1 N–H and O–H groups in total. The van der Waals surface area contributed by atoms with Crippen LogP contribution in [0.2, 0.25) is 5.02 Å². The number of ether oxygens (including phenoxy) is 1. The lowest BCUT2D eigenvalue weighted by Gasteiger charge is -2.27. The smallest absolute Gasteiger partial charge is 0.338 e. The Balaban J connectivity index is 1.45. The van der Waals surface area contributed by atoms with Crippen molar-refractivity contribution < 1.29 is 9.53 Å². The van der Waals surface area contributed by atoms with E-state index in [4.69, 9.17) is 26.4 Å². The maximum atomic E-state index is 13.4. The fraction of sp³-hybridized carbons (Fsp3) is 0.194. The predicted molar refractivity (Wildman–Crippen MR) is 160 cm³/mol. The van der Waals surface area contributed by atoms with Crippen molar-refractivity contribution in [3.05, 3.63) is 118 Å². The first-order chi connectivity index (χ1) is 19.5. The summed E-state index contributed by atoms with van der Waals surface area (Å²) in [4.78, 5) is 18.2. The highest BCUT2D eigenvalue weighted by Gasteiger charge is 2.37. The highest BCUT2D eigenvalue weighted by molar-refractivity contribution is 7.98. The van der Waals surface area contributed by atoms with Crippen molar-refractivity contribution in [2.45, 2.75) is 37.3 Å². The third-order valence-electron chi connectivity index (χ3n) is 6.95. The number of hydrogen-bond acceptors (Lipinski definition) is 6. The SMILES string of the molecule is CCOC(=O)C1=C(C)Nc2nc(SCc3ccccc3Cl)nn2C1c1cn(Cc2ccccc2)c2ccccc12. The fourth-order valence-corrected chi connectivity index (χ4v) is 6.23. The van der Waals surface area contributed by atoms with Gasteiger partial charge in [0.05, 0.1) is 12.2 Å². The molecule has 0 bridgehead atoms. The number of benzene rings is 3. The van der Waals surface area contributed by atoms with Crippen molar-refractivity contribution in [2.75, 3.05) is 11.9 Å². The van der Waals surface area contributed by atoms with Crippen molar-refractivity contribution in [1.29, 1.82) is 0 Å². The van der Waals surface area contributed by atoms with Crippen LogP contribution in [0.25, 0.3) is 10.9 Å². The summed E-state index contributed by atoms with van der Waals surface area (Å²) in [5.41, 5.74) is 5.46. The lowest BCUT2D eigenvalue weighted by molar-refractivity contribution is -0.139. The minimum absolute atomic E-state index is 0.279. The number of nitrogens with one attached hydrogen (secondary N) is 1. The van der Waals surface area contributed by atoms with Gasteiger partial charge in [0.2, 0.25) is 11.1 Å². The van der Waals surface area contributed by atoms with Crippen LogP contribution < -0.4 is 5.32 Å². The quantitative estimate of drug-likeness (QED) is 0.159. The number of carbonyl (C=O) groups excluding carboxylic acids is 1. The molecule has 5 aromatic rings. The topological polar surface area (TPSA) is 74.0 Å². The van der Waals surface area contributed by atoms with Gasteiger partial charge in [-0.2, -0.15) is 4.98 Å². The van der Waals surface area contributed by atoms with E-state index < -0.39 is 6.04 Å². The maximum Gasteiger partial charge on any atom is 0.338 e. The molecule has 7 nitrogen and oxygen atoms in total. The number of halogens is 1. The number of thioether (sulfide) groups is 1. The lowest BCUT2D eigenvalue weighted by atomic mass is 9.95. The Labute approximate surface area is 241 Å². The molecule has 2 aromatic heterocycles. The molecule has 3 heterocycles. The van der Waals surface area contributed by atoms with Gasteiger partial charge in [-0.15, -0.1) is 5.10 Å². The molecule has 0 saturated carbocycles. The Morgan fingerprint density at radius 3 is 2.60 bits per heavy atom. The van der Waals surface area contributed by atoms with Crippen molar-refractivity contribution in [3.8, 4) is 0 Å². The van der Waals surface area contributed by atoms with Gasteiger partial charge in [0.15, 0.2) is 0 Å². The Bertz CT molecular complexity index is 1730. The Morgan fingerprint density at radius 2 is 1.80 bits per heavy atom. The molecule has 1 aliphatic heterocycles. The summed E-state index contributed by atoms with van der Waals surface area (Å²) in [6, 6.07) is 25.8. The van der Waals surface area contributed by atoms with Crippen molar-refractivity contribution in [1.82, 2.24) is 19.3 Å². The average Bonchev–Trinajstić information content (AvgIpc) is 3.53. The summed E-state index contributed by atoms with van der Waals surface area (Å²) in [6.07, 6.45) is 2.13. The monoisotopic (exact) mass is 569 g/mol. The zero-order valence-electron chi connectivity index (χ0n) is 22.2. The van der Waals surface area contributed by atoms with Crippen LogP contribution in [0.15, 0.2) is 101 Å². The molecule has 40 heavy (non-hydrogen) atoms. The van der Waals surface area contributed by atoms with Gasteiger partial charge in [-0.05, 0) is 37.1 Å². The molecule has 0 fully saturated rings. The average molecular weight is 570 g/mol. The minimum Gasteiger partial charge on any atom is -0.463 e. The van der Waals surface area contributed by atoms with Gasteiger partial charge in [0.1, 0.15) is 6.04 Å². The number of hydrogen-bond donors (Lipinski definition) is 1. The van der Waals surface area contributed by atoms with E-state index >= 15 is 0 Å². The second kappa shape index (κ2) is 11.2. The molecular weight excluding hydrogens is 542 g/mol. The van der Waals surface area contributed by atoms with E-state index in [1.165, 1.54) is 17.3 Å². The number of anilines is 1. The molecule has 1 unspecified atom stereocenters. The first-order valence-corrected chi connectivity index (χ1v) is 14.5. The second-order valence-electron chi connectivity index (χ2n) is 9.54. The molecule has 9 heteroatoms. The number of nitrogens with zero attached hydrogens (tertiary/aromatic N) is 4. The van der Waals surface area contributed by atoms with E-state index in [0.717, 1.165) is 22.0 Å². The van der Waals surface area contributed by atoms with E-state index in [2.05, 4.69) is 40.3 Å². The van der Waals surface area contributed by atoms with Crippen LogP contribution in [-0.2, 0) is 21.8 Å². The molecular formula is C31H28ClN5O2S. The zero-order valence-corrected chi connectivity index (χ0v) is 23.7. The van der Waals surface area contributed by atoms with Gasteiger partial charge in [-0.1, -0.05) is 90.1 Å². The van der Waals surface area contributed by atoms with Crippen LogP contribution in [-0.4, -0.2) is 31.9 Å².